The van der Waals surface area contributed by atoms with Crippen molar-refractivity contribution in [1.82, 2.24) is 14.8 Å². The highest BCUT2D eigenvalue weighted by molar-refractivity contribution is 5.37. The first-order valence-electron chi connectivity index (χ1n) is 6.04. The summed E-state index contributed by atoms with van der Waals surface area (Å²) in [5.41, 5.74) is 0.439. The molecule has 0 aliphatic heterocycles. The summed E-state index contributed by atoms with van der Waals surface area (Å²) in [6.07, 6.45) is 0.0797. The quantitative estimate of drug-likeness (QED) is 0.887. The number of hydrogen-bond donors (Lipinski definition) is 1. The van der Waals surface area contributed by atoms with Crippen molar-refractivity contribution in [2.75, 3.05) is 7.11 Å². The third-order valence-electron chi connectivity index (χ3n) is 2.62. The molecule has 0 radical (unpaired) electrons. The van der Waals surface area contributed by atoms with E-state index in [1.165, 1.54) is 4.57 Å². The third-order valence-corrected chi connectivity index (χ3v) is 2.62. The highest BCUT2D eigenvalue weighted by Crippen LogP contribution is 2.14. The first kappa shape index (κ1) is 13.4. The summed E-state index contributed by atoms with van der Waals surface area (Å²) >= 11 is 0. The summed E-state index contributed by atoms with van der Waals surface area (Å²) in [6.45, 7) is 4.15. The molecular formula is C13H17N3O3. The van der Waals surface area contributed by atoms with E-state index in [1.54, 1.807) is 31.4 Å². The fourth-order valence-corrected chi connectivity index (χ4v) is 1.67. The van der Waals surface area contributed by atoms with E-state index in [2.05, 4.69) is 10.2 Å². The van der Waals surface area contributed by atoms with Gasteiger partial charge in [-0.25, -0.2) is 14.5 Å². The predicted octanol–water partition coefficient (Wildman–Crippen LogP) is 1.49. The van der Waals surface area contributed by atoms with Crippen LogP contribution in [-0.2, 0) is 11.3 Å². The fraction of sp³-hybridized carbons (Fsp3) is 0.385. The Bertz CT molecular complexity index is 584. The Morgan fingerprint density at radius 1 is 1.32 bits per heavy atom. The van der Waals surface area contributed by atoms with E-state index in [9.17, 15) is 4.79 Å². The van der Waals surface area contributed by atoms with Crippen LogP contribution in [0.3, 0.4) is 0 Å². The number of aromatic nitrogens is 3. The Balaban J connectivity index is 2.32. The van der Waals surface area contributed by atoms with Crippen molar-refractivity contribution in [3.63, 3.8) is 0 Å². The zero-order valence-electron chi connectivity index (χ0n) is 11.2. The molecule has 0 fully saturated rings. The summed E-state index contributed by atoms with van der Waals surface area (Å²) in [7, 11) is 1.60. The normalized spacial score (nSPS) is 10.9. The molecule has 1 aromatic carbocycles. The molecule has 1 heterocycles. The topological polar surface area (TPSA) is 69.1 Å². The molecule has 2 aromatic rings. The Morgan fingerprint density at radius 3 is 2.58 bits per heavy atom. The van der Waals surface area contributed by atoms with Gasteiger partial charge >= 0.3 is 5.69 Å². The molecule has 0 bridgehead atoms. The molecule has 102 valence electrons. The Kier molecular flexibility index (Phi) is 4.01. The van der Waals surface area contributed by atoms with Gasteiger partial charge in [-0.1, -0.05) is 0 Å². The van der Waals surface area contributed by atoms with Gasteiger partial charge in [0, 0.05) is 0 Å². The van der Waals surface area contributed by atoms with Gasteiger partial charge in [0.2, 0.25) is 0 Å². The highest BCUT2D eigenvalue weighted by atomic mass is 16.5. The van der Waals surface area contributed by atoms with Crippen LogP contribution in [0.5, 0.6) is 5.75 Å². The van der Waals surface area contributed by atoms with Crippen molar-refractivity contribution in [3.8, 4) is 11.4 Å². The van der Waals surface area contributed by atoms with Crippen LogP contribution < -0.4 is 10.4 Å². The maximum atomic E-state index is 11.8. The molecule has 0 aliphatic rings. The number of hydrogen-bond acceptors (Lipinski definition) is 4. The lowest BCUT2D eigenvalue weighted by Crippen LogP contribution is -2.18. The molecule has 1 N–H and O–H groups in total. The summed E-state index contributed by atoms with van der Waals surface area (Å²) in [6, 6.07) is 7.19. The summed E-state index contributed by atoms with van der Waals surface area (Å²) < 4.78 is 12.1. The van der Waals surface area contributed by atoms with Gasteiger partial charge in [-0.3, -0.25) is 0 Å². The van der Waals surface area contributed by atoms with Gasteiger partial charge in [0.25, 0.3) is 0 Å². The van der Waals surface area contributed by atoms with Gasteiger partial charge < -0.3 is 9.47 Å². The van der Waals surface area contributed by atoms with Crippen molar-refractivity contribution in [2.24, 2.45) is 0 Å². The van der Waals surface area contributed by atoms with Crippen LogP contribution in [0.15, 0.2) is 29.1 Å². The van der Waals surface area contributed by atoms with Gasteiger partial charge in [0.15, 0.2) is 5.82 Å². The van der Waals surface area contributed by atoms with Crippen LogP contribution in [0.25, 0.3) is 5.69 Å². The number of methoxy groups -OCH3 is 1. The second-order valence-electron chi connectivity index (χ2n) is 4.34. The number of nitrogens with zero attached hydrogens (tertiary/aromatic N) is 2. The van der Waals surface area contributed by atoms with Crippen molar-refractivity contribution in [2.45, 2.75) is 26.6 Å². The first-order valence-corrected chi connectivity index (χ1v) is 6.04. The van der Waals surface area contributed by atoms with Crippen LogP contribution in [0, 0.1) is 0 Å². The number of benzene rings is 1. The first-order chi connectivity index (χ1) is 9.11. The maximum absolute atomic E-state index is 11.8. The van der Waals surface area contributed by atoms with Crippen molar-refractivity contribution in [3.05, 3.63) is 40.6 Å². The number of H-pyrrole nitrogens is 1. The van der Waals surface area contributed by atoms with E-state index in [0.717, 1.165) is 11.4 Å². The lowest BCUT2D eigenvalue weighted by Gasteiger charge is -2.09. The molecule has 0 atom stereocenters. The van der Waals surface area contributed by atoms with Crippen LogP contribution in [0.2, 0.25) is 0 Å². The predicted molar refractivity (Wildman–Crippen MR) is 70.7 cm³/mol. The van der Waals surface area contributed by atoms with Crippen molar-refractivity contribution < 1.29 is 9.47 Å². The molecule has 0 aliphatic carbocycles. The second kappa shape index (κ2) is 5.71. The van der Waals surface area contributed by atoms with Gasteiger partial charge in [-0.05, 0) is 38.1 Å². The minimum Gasteiger partial charge on any atom is -0.497 e. The Morgan fingerprint density at radius 2 is 2.00 bits per heavy atom. The van der Waals surface area contributed by atoms with Gasteiger partial charge in [-0.2, -0.15) is 5.10 Å². The Hall–Kier alpha value is -2.08. The maximum Gasteiger partial charge on any atom is 0.348 e. The van der Waals surface area contributed by atoms with E-state index >= 15 is 0 Å². The lowest BCUT2D eigenvalue weighted by molar-refractivity contribution is 0.0603. The van der Waals surface area contributed by atoms with Gasteiger partial charge in [0.05, 0.1) is 18.9 Å². The molecule has 0 unspecified atom stereocenters. The van der Waals surface area contributed by atoms with Gasteiger partial charge in [-0.15, -0.1) is 0 Å². The molecular weight excluding hydrogens is 246 g/mol. The van der Waals surface area contributed by atoms with E-state index in [1.807, 2.05) is 13.8 Å². The molecule has 0 saturated carbocycles. The van der Waals surface area contributed by atoms with Gasteiger partial charge in [0.1, 0.15) is 12.4 Å². The number of nitrogens with one attached hydrogen (secondary N) is 1. The standard InChI is InChI=1S/C13H17N3O3/c1-9(2)19-8-12-14-15-13(17)16(12)10-4-6-11(18-3)7-5-10/h4-7,9H,8H2,1-3H3,(H,15,17). The Labute approximate surface area is 111 Å². The number of rotatable bonds is 5. The van der Waals surface area contributed by atoms with Crippen LogP contribution >= 0.6 is 0 Å². The number of ether oxygens (including phenoxy) is 2. The highest BCUT2D eigenvalue weighted by Gasteiger charge is 2.11. The minimum absolute atomic E-state index is 0.0797. The van der Waals surface area contributed by atoms with Crippen molar-refractivity contribution in [1.29, 1.82) is 0 Å². The fourth-order valence-electron chi connectivity index (χ4n) is 1.67. The van der Waals surface area contributed by atoms with E-state index < -0.39 is 0 Å². The average molecular weight is 263 g/mol. The second-order valence-corrected chi connectivity index (χ2v) is 4.34. The molecule has 0 saturated heterocycles. The van der Waals surface area contributed by atoms with Crippen molar-refractivity contribution >= 4 is 0 Å². The monoisotopic (exact) mass is 263 g/mol. The van der Waals surface area contributed by atoms with Crippen LogP contribution in [0.1, 0.15) is 19.7 Å². The van der Waals surface area contributed by atoms with Crippen LogP contribution in [-0.4, -0.2) is 28.0 Å². The van der Waals surface area contributed by atoms with E-state index in [-0.39, 0.29) is 18.4 Å². The average Bonchev–Trinajstić information content (AvgIpc) is 2.78. The molecule has 1 aromatic heterocycles. The molecule has 2 rings (SSSR count). The van der Waals surface area contributed by atoms with Crippen LogP contribution in [0.4, 0.5) is 0 Å². The summed E-state index contributed by atoms with van der Waals surface area (Å²) in [5, 5.41) is 6.41. The molecule has 6 heteroatoms. The smallest absolute Gasteiger partial charge is 0.348 e. The molecule has 19 heavy (non-hydrogen) atoms. The zero-order valence-corrected chi connectivity index (χ0v) is 11.2. The van der Waals surface area contributed by atoms with E-state index in [0.29, 0.717) is 5.82 Å². The summed E-state index contributed by atoms with van der Waals surface area (Å²) in [5.74, 6) is 1.28. The molecule has 0 spiro atoms. The van der Waals surface area contributed by atoms with E-state index in [4.69, 9.17) is 9.47 Å². The minimum atomic E-state index is -0.285. The largest absolute Gasteiger partial charge is 0.497 e. The SMILES string of the molecule is COc1ccc(-n2c(COC(C)C)n[nH]c2=O)cc1. The third kappa shape index (κ3) is 3.03. The molecule has 0 amide bonds. The number of aromatic amines is 1. The molecule has 6 nitrogen and oxygen atoms in total. The lowest BCUT2D eigenvalue weighted by atomic mass is 10.3. The summed E-state index contributed by atoms with van der Waals surface area (Å²) in [4.78, 5) is 11.8. The zero-order chi connectivity index (χ0) is 13.8.